The molecule has 0 saturated heterocycles. The number of hydrogen-bond donors (Lipinski definition) is 0. The number of halogens is 8. The smallest absolute Gasteiger partial charge is 0.273 e. The van der Waals surface area contributed by atoms with Gasteiger partial charge in [0, 0.05) is 6.92 Å². The van der Waals surface area contributed by atoms with Crippen LogP contribution >= 0.6 is 23.2 Å². The van der Waals surface area contributed by atoms with Crippen LogP contribution in [0.5, 0.6) is 0 Å². The van der Waals surface area contributed by atoms with E-state index in [9.17, 15) is 40.6 Å². The lowest BCUT2D eigenvalue weighted by molar-refractivity contribution is -0.186. The molecule has 180 valence electrons. The Bertz CT molecular complexity index is 1120. The van der Waals surface area contributed by atoms with E-state index in [4.69, 9.17) is 28.0 Å². The lowest BCUT2D eigenvalue weighted by Gasteiger charge is -2.21. The first-order valence-electron chi connectivity index (χ1n) is 8.61. The maximum absolute atomic E-state index is 13.3. The monoisotopic (exact) mass is 536 g/mol. The van der Waals surface area contributed by atoms with E-state index in [1.165, 1.54) is 13.0 Å². The van der Waals surface area contributed by atoms with Gasteiger partial charge in [-0.05, 0) is 19.1 Å². The molecular weight excluding hydrogens is 525 g/mol. The molecule has 1 aromatic carbocycles. The predicted molar refractivity (Wildman–Crippen MR) is 104 cm³/mol. The molecule has 16 heteroatoms. The third-order valence-electron chi connectivity index (χ3n) is 3.92. The SMILES string of the molecule is CCON(Cc1c(S(=O)C(F)(F)F)c(C#N)nn1-c1c(Cl)cc(C(F)(F)F)cc1Cl)C(C)=O. The van der Waals surface area contributed by atoms with Crippen molar-refractivity contribution in [3.63, 3.8) is 0 Å². The summed E-state index contributed by atoms with van der Waals surface area (Å²) in [7, 11) is -3.81. The Labute approximate surface area is 194 Å². The largest absolute Gasteiger partial charge is 0.476 e. The molecule has 0 fully saturated rings. The van der Waals surface area contributed by atoms with Gasteiger partial charge in [-0.2, -0.15) is 36.7 Å². The van der Waals surface area contributed by atoms with Crippen molar-refractivity contribution in [2.75, 3.05) is 6.61 Å². The number of carbonyl (C=O) groups excluding carboxylic acids is 1. The van der Waals surface area contributed by atoms with Crippen molar-refractivity contribution in [1.29, 1.82) is 5.26 Å². The number of carbonyl (C=O) groups is 1. The van der Waals surface area contributed by atoms with Gasteiger partial charge in [-0.25, -0.2) is 14.0 Å². The number of hydrogen-bond acceptors (Lipinski definition) is 5. The van der Waals surface area contributed by atoms with E-state index in [-0.39, 0.29) is 6.61 Å². The number of aromatic nitrogens is 2. The zero-order valence-electron chi connectivity index (χ0n) is 16.5. The predicted octanol–water partition coefficient (Wildman–Crippen LogP) is 5.00. The summed E-state index contributed by atoms with van der Waals surface area (Å²) in [5.74, 6) is -0.781. The highest BCUT2D eigenvalue weighted by molar-refractivity contribution is 7.86. The molecule has 2 aromatic rings. The van der Waals surface area contributed by atoms with E-state index in [1.54, 1.807) is 0 Å². The lowest BCUT2D eigenvalue weighted by atomic mass is 10.2. The maximum atomic E-state index is 13.3. The van der Waals surface area contributed by atoms with Gasteiger partial charge in [0.25, 0.3) is 0 Å². The number of rotatable bonds is 6. The molecule has 0 spiro atoms. The van der Waals surface area contributed by atoms with Crippen LogP contribution in [0, 0.1) is 11.3 Å². The Morgan fingerprint density at radius 3 is 2.18 bits per heavy atom. The molecule has 0 aliphatic rings. The molecule has 1 aromatic heterocycles. The second-order valence-corrected chi connectivity index (χ2v) is 8.35. The molecule has 0 saturated carbocycles. The van der Waals surface area contributed by atoms with Crippen molar-refractivity contribution in [1.82, 2.24) is 14.8 Å². The first-order valence-corrected chi connectivity index (χ1v) is 10.5. The maximum Gasteiger partial charge on any atom is 0.476 e. The van der Waals surface area contributed by atoms with E-state index in [0.717, 1.165) is 6.92 Å². The van der Waals surface area contributed by atoms with Crippen molar-refractivity contribution in [3.8, 4) is 11.8 Å². The molecule has 33 heavy (non-hydrogen) atoms. The van der Waals surface area contributed by atoms with Gasteiger partial charge in [-0.1, -0.05) is 23.2 Å². The number of alkyl halides is 6. The van der Waals surface area contributed by atoms with Crippen molar-refractivity contribution in [3.05, 3.63) is 39.1 Å². The van der Waals surface area contributed by atoms with Crippen LogP contribution in [0.15, 0.2) is 17.0 Å². The van der Waals surface area contributed by atoms with Crippen LogP contribution in [0.2, 0.25) is 10.0 Å². The molecule has 7 nitrogen and oxygen atoms in total. The summed E-state index contributed by atoms with van der Waals surface area (Å²) in [5, 5.41) is 12.2. The van der Waals surface area contributed by atoms with Crippen molar-refractivity contribution in [2.24, 2.45) is 0 Å². The van der Waals surface area contributed by atoms with Crippen molar-refractivity contribution in [2.45, 2.75) is 37.0 Å². The summed E-state index contributed by atoms with van der Waals surface area (Å²) < 4.78 is 91.8. The van der Waals surface area contributed by atoms with E-state index in [2.05, 4.69) is 5.10 Å². The fraction of sp³-hybridized carbons (Fsp3) is 0.353. The number of hydroxylamine groups is 2. The second kappa shape index (κ2) is 9.88. The average molecular weight is 537 g/mol. The average Bonchev–Trinajstić information content (AvgIpc) is 3.02. The quantitative estimate of drug-likeness (QED) is 0.383. The van der Waals surface area contributed by atoms with Crippen LogP contribution in [0.3, 0.4) is 0 Å². The minimum Gasteiger partial charge on any atom is -0.273 e. The van der Waals surface area contributed by atoms with Gasteiger partial charge in [0.05, 0.1) is 34.5 Å². The Hall–Kier alpha value is -2.34. The van der Waals surface area contributed by atoms with Crippen LogP contribution in [-0.4, -0.2) is 37.1 Å². The molecule has 1 amide bonds. The molecule has 0 radical (unpaired) electrons. The summed E-state index contributed by atoms with van der Waals surface area (Å²) in [6.07, 6.45) is -4.85. The van der Waals surface area contributed by atoms with E-state index >= 15 is 0 Å². The number of amides is 1. The number of benzene rings is 1. The zero-order valence-corrected chi connectivity index (χ0v) is 18.8. The Balaban J connectivity index is 2.89. The number of nitriles is 1. The van der Waals surface area contributed by atoms with E-state index in [0.29, 0.717) is 21.9 Å². The van der Waals surface area contributed by atoms with Crippen LogP contribution in [0.25, 0.3) is 5.69 Å². The van der Waals surface area contributed by atoms with Crippen molar-refractivity contribution < 1.29 is 40.2 Å². The van der Waals surface area contributed by atoms with Gasteiger partial charge in [0.2, 0.25) is 5.91 Å². The van der Waals surface area contributed by atoms with Crippen LogP contribution < -0.4 is 0 Å². The van der Waals surface area contributed by atoms with Crippen LogP contribution in [-0.2, 0) is 33.2 Å². The first-order chi connectivity index (χ1) is 15.1. The highest BCUT2D eigenvalue weighted by Gasteiger charge is 2.43. The summed E-state index contributed by atoms with van der Waals surface area (Å²) in [6.45, 7) is 1.56. The zero-order chi connectivity index (χ0) is 25.3. The number of nitrogens with zero attached hydrogens (tertiary/aromatic N) is 4. The normalized spacial score (nSPS) is 13.0. The highest BCUT2D eigenvalue weighted by Crippen LogP contribution is 2.40. The van der Waals surface area contributed by atoms with Gasteiger partial charge in [0.15, 0.2) is 16.5 Å². The molecule has 1 heterocycles. The van der Waals surface area contributed by atoms with Crippen molar-refractivity contribution >= 4 is 39.9 Å². The highest BCUT2D eigenvalue weighted by atomic mass is 35.5. The summed E-state index contributed by atoms with van der Waals surface area (Å²) in [6, 6.07) is 2.25. The fourth-order valence-corrected chi connectivity index (χ4v) is 4.12. The molecule has 0 aliphatic carbocycles. The Kier molecular flexibility index (Phi) is 8.06. The molecule has 1 atom stereocenters. The van der Waals surface area contributed by atoms with Gasteiger partial charge in [-0.15, -0.1) is 0 Å². The topological polar surface area (TPSA) is 88.2 Å². The molecular formula is C17H12Cl2F6N4O3S. The van der Waals surface area contributed by atoms with Gasteiger partial charge < -0.3 is 0 Å². The van der Waals surface area contributed by atoms with E-state index < -0.39 is 72.5 Å². The standard InChI is InChI=1S/C17H12Cl2F6N4O3S/c1-3-32-28(8(2)30)7-13-15(33(31)17(23,24)25)12(6-26)27-29(13)14-10(18)4-9(5-11(14)19)16(20,21)22/h4-5H,3,7H2,1-2H3. The third kappa shape index (κ3) is 5.78. The molecule has 0 N–H and O–H groups in total. The van der Waals surface area contributed by atoms with Gasteiger partial charge in [-0.3, -0.25) is 9.63 Å². The lowest BCUT2D eigenvalue weighted by Crippen LogP contribution is -2.30. The minimum absolute atomic E-state index is 0.0989. The fourth-order valence-electron chi connectivity index (χ4n) is 2.62. The van der Waals surface area contributed by atoms with E-state index in [1.807, 2.05) is 0 Å². The molecule has 0 bridgehead atoms. The molecule has 1 unspecified atom stereocenters. The van der Waals surface area contributed by atoms with Gasteiger partial charge in [0.1, 0.15) is 16.7 Å². The minimum atomic E-state index is -5.34. The third-order valence-corrected chi connectivity index (χ3v) is 5.72. The Morgan fingerprint density at radius 2 is 1.79 bits per heavy atom. The molecule has 0 aliphatic heterocycles. The Morgan fingerprint density at radius 1 is 1.24 bits per heavy atom. The molecule has 2 rings (SSSR count). The van der Waals surface area contributed by atoms with Gasteiger partial charge >= 0.3 is 11.7 Å². The summed E-state index contributed by atoms with van der Waals surface area (Å²) in [4.78, 5) is 15.8. The van der Waals surface area contributed by atoms with Crippen LogP contribution in [0.4, 0.5) is 26.3 Å². The van der Waals surface area contributed by atoms with Crippen LogP contribution in [0.1, 0.15) is 30.8 Å². The summed E-state index contributed by atoms with van der Waals surface area (Å²) >= 11 is 11.9. The second-order valence-electron chi connectivity index (χ2n) is 6.12. The summed E-state index contributed by atoms with van der Waals surface area (Å²) in [5.41, 5.74) is -8.74. The first kappa shape index (κ1) is 26.9.